The predicted octanol–water partition coefficient (Wildman–Crippen LogP) is 2.14. The van der Waals surface area contributed by atoms with E-state index < -0.39 is 5.41 Å². The molecule has 3 rings (SSSR count). The molecule has 7 nitrogen and oxygen atoms in total. The van der Waals surface area contributed by atoms with E-state index in [2.05, 4.69) is 4.98 Å². The Bertz CT molecular complexity index is 949. The Hall–Kier alpha value is -2.83. The lowest BCUT2D eigenvalue weighted by atomic mass is 9.82. The Morgan fingerprint density at radius 3 is 2.57 bits per heavy atom. The van der Waals surface area contributed by atoms with E-state index in [-0.39, 0.29) is 11.5 Å². The zero-order chi connectivity index (χ0) is 20.5. The van der Waals surface area contributed by atoms with Gasteiger partial charge in [-0.3, -0.25) is 14.2 Å². The number of hydrogen-bond donors (Lipinski definition) is 0. The van der Waals surface area contributed by atoms with Gasteiger partial charge in [-0.15, -0.1) is 0 Å². The molecule has 0 atom stereocenters. The molecule has 0 saturated carbocycles. The van der Waals surface area contributed by atoms with Gasteiger partial charge in [-0.05, 0) is 44.9 Å². The van der Waals surface area contributed by atoms with Gasteiger partial charge in [0.25, 0.3) is 5.56 Å². The number of carbonyl (C=O) groups is 1. The summed E-state index contributed by atoms with van der Waals surface area (Å²) < 4.78 is 12.3. The number of benzene rings is 1. The van der Waals surface area contributed by atoms with Crippen molar-refractivity contribution in [2.24, 2.45) is 0 Å². The Kier molecular flexibility index (Phi) is 5.45. The van der Waals surface area contributed by atoms with Gasteiger partial charge in [-0.25, -0.2) is 4.98 Å². The van der Waals surface area contributed by atoms with Crippen LogP contribution in [0.3, 0.4) is 0 Å². The molecule has 1 amide bonds. The molecule has 7 heteroatoms. The molecule has 150 valence electrons. The van der Waals surface area contributed by atoms with Crippen LogP contribution in [-0.2, 0) is 29.7 Å². The first-order valence-electron chi connectivity index (χ1n) is 9.42. The van der Waals surface area contributed by atoms with Crippen LogP contribution >= 0.6 is 0 Å². The maximum absolute atomic E-state index is 13.3. The molecule has 2 aromatic rings. The Morgan fingerprint density at radius 1 is 1.21 bits per heavy atom. The molecule has 0 radical (unpaired) electrons. The van der Waals surface area contributed by atoms with Crippen molar-refractivity contribution in [3.8, 4) is 11.5 Å². The summed E-state index contributed by atoms with van der Waals surface area (Å²) in [6, 6.07) is 5.53. The van der Waals surface area contributed by atoms with E-state index in [1.54, 1.807) is 30.0 Å². The van der Waals surface area contributed by atoms with Crippen molar-refractivity contribution >= 4 is 5.91 Å². The summed E-state index contributed by atoms with van der Waals surface area (Å²) >= 11 is 0. The van der Waals surface area contributed by atoms with Gasteiger partial charge in [0.15, 0.2) is 11.5 Å². The van der Waals surface area contributed by atoms with Gasteiger partial charge in [0.05, 0.1) is 38.2 Å². The monoisotopic (exact) mass is 385 g/mol. The fourth-order valence-electron chi connectivity index (χ4n) is 3.60. The van der Waals surface area contributed by atoms with Gasteiger partial charge in [0.2, 0.25) is 5.91 Å². The van der Waals surface area contributed by atoms with Crippen LogP contribution in [0.5, 0.6) is 11.5 Å². The lowest BCUT2D eigenvalue weighted by Crippen LogP contribution is -2.47. The van der Waals surface area contributed by atoms with Crippen LogP contribution < -0.4 is 15.0 Å². The number of carbonyl (C=O) groups excluding carboxylic acids is 1. The molecule has 1 aromatic heterocycles. The van der Waals surface area contributed by atoms with Crippen LogP contribution in [0.15, 0.2) is 29.3 Å². The van der Waals surface area contributed by atoms with E-state index in [4.69, 9.17) is 9.47 Å². The second kappa shape index (κ2) is 7.66. The molecule has 1 aromatic carbocycles. The van der Waals surface area contributed by atoms with E-state index in [1.807, 2.05) is 39.0 Å². The van der Waals surface area contributed by atoms with Crippen molar-refractivity contribution in [2.45, 2.75) is 45.7 Å². The second-order valence-corrected chi connectivity index (χ2v) is 7.43. The van der Waals surface area contributed by atoms with Gasteiger partial charge < -0.3 is 14.4 Å². The summed E-state index contributed by atoms with van der Waals surface area (Å²) in [5, 5.41) is 0. The number of rotatable bonds is 5. The molecule has 0 unspecified atom stereocenters. The van der Waals surface area contributed by atoms with Crippen molar-refractivity contribution in [3.05, 3.63) is 51.7 Å². The fraction of sp³-hybridized carbons (Fsp3) is 0.476. The van der Waals surface area contributed by atoms with Crippen LogP contribution in [0.1, 0.15) is 37.6 Å². The number of aromatic nitrogens is 2. The first kappa shape index (κ1) is 19.9. The summed E-state index contributed by atoms with van der Waals surface area (Å²) in [4.78, 5) is 32.0. The maximum atomic E-state index is 13.3. The summed E-state index contributed by atoms with van der Waals surface area (Å²) in [6.07, 6.45) is 2.09. The number of hydrogen-bond acceptors (Lipinski definition) is 5. The number of fused-ring (bicyclic) bond motifs is 1. The van der Waals surface area contributed by atoms with Gasteiger partial charge in [0, 0.05) is 18.7 Å². The first-order chi connectivity index (χ1) is 13.3. The normalized spacial score (nSPS) is 13.8. The van der Waals surface area contributed by atoms with Gasteiger partial charge in [-0.1, -0.05) is 6.07 Å². The zero-order valence-corrected chi connectivity index (χ0v) is 17.1. The SMILES string of the molecule is CCn1cnc2c(c1=O)CCN(C(=O)C(C)(C)c1ccc(OC)c(OC)c1)C2. The van der Waals surface area contributed by atoms with E-state index in [1.165, 1.54) is 0 Å². The highest BCUT2D eigenvalue weighted by molar-refractivity contribution is 5.87. The molecule has 0 fully saturated rings. The smallest absolute Gasteiger partial charge is 0.256 e. The van der Waals surface area contributed by atoms with Gasteiger partial charge >= 0.3 is 0 Å². The predicted molar refractivity (Wildman–Crippen MR) is 106 cm³/mol. The third kappa shape index (κ3) is 3.37. The van der Waals surface area contributed by atoms with Crippen molar-refractivity contribution in [2.75, 3.05) is 20.8 Å². The standard InChI is InChI=1S/C21H27N3O4/c1-6-23-13-22-16-12-24(10-9-15(16)19(23)25)20(26)21(2,3)14-7-8-17(27-4)18(11-14)28-5/h7-8,11,13H,6,9-10,12H2,1-5H3. The first-order valence-corrected chi connectivity index (χ1v) is 9.42. The lowest BCUT2D eigenvalue weighted by Gasteiger charge is -2.35. The number of amides is 1. The molecule has 1 aliphatic rings. The minimum absolute atomic E-state index is 0.00116. The van der Waals surface area contributed by atoms with E-state index >= 15 is 0 Å². The molecule has 28 heavy (non-hydrogen) atoms. The molecule has 0 N–H and O–H groups in total. The molecule has 0 saturated heterocycles. The highest BCUT2D eigenvalue weighted by atomic mass is 16.5. The van der Waals surface area contributed by atoms with Gasteiger partial charge in [0.1, 0.15) is 0 Å². The minimum atomic E-state index is -0.755. The number of aryl methyl sites for hydroxylation is 1. The highest BCUT2D eigenvalue weighted by Crippen LogP contribution is 2.34. The van der Waals surface area contributed by atoms with Crippen molar-refractivity contribution < 1.29 is 14.3 Å². The highest BCUT2D eigenvalue weighted by Gasteiger charge is 2.36. The van der Waals surface area contributed by atoms with E-state index in [9.17, 15) is 9.59 Å². The minimum Gasteiger partial charge on any atom is -0.493 e. The third-order valence-electron chi connectivity index (χ3n) is 5.46. The Morgan fingerprint density at radius 2 is 1.93 bits per heavy atom. The summed E-state index contributed by atoms with van der Waals surface area (Å²) in [6.45, 7) is 7.16. The van der Waals surface area contributed by atoms with Crippen molar-refractivity contribution in [1.82, 2.24) is 14.5 Å². The van der Waals surface area contributed by atoms with Gasteiger partial charge in [-0.2, -0.15) is 0 Å². The van der Waals surface area contributed by atoms with Crippen LogP contribution in [-0.4, -0.2) is 41.1 Å². The van der Waals surface area contributed by atoms with Crippen LogP contribution in [0.2, 0.25) is 0 Å². The molecular weight excluding hydrogens is 358 g/mol. The molecular formula is C21H27N3O4. The largest absolute Gasteiger partial charge is 0.493 e. The quantitative estimate of drug-likeness (QED) is 0.788. The van der Waals surface area contributed by atoms with E-state index in [0.29, 0.717) is 43.2 Å². The van der Waals surface area contributed by atoms with Crippen LogP contribution in [0.4, 0.5) is 0 Å². The molecule has 0 spiro atoms. The fourth-order valence-corrected chi connectivity index (χ4v) is 3.60. The Balaban J connectivity index is 1.88. The third-order valence-corrected chi connectivity index (χ3v) is 5.46. The van der Waals surface area contributed by atoms with Crippen LogP contribution in [0.25, 0.3) is 0 Å². The molecule has 0 bridgehead atoms. The zero-order valence-electron chi connectivity index (χ0n) is 17.1. The second-order valence-electron chi connectivity index (χ2n) is 7.43. The lowest BCUT2D eigenvalue weighted by molar-refractivity contribution is -0.137. The summed E-state index contributed by atoms with van der Waals surface area (Å²) in [5.74, 6) is 1.20. The topological polar surface area (TPSA) is 73.7 Å². The average molecular weight is 385 g/mol. The molecule has 1 aliphatic heterocycles. The number of nitrogens with zero attached hydrogens (tertiary/aromatic N) is 3. The maximum Gasteiger partial charge on any atom is 0.256 e. The van der Waals surface area contributed by atoms with E-state index in [0.717, 1.165) is 11.1 Å². The number of ether oxygens (including phenoxy) is 2. The Labute approximate surface area is 164 Å². The van der Waals surface area contributed by atoms with Crippen molar-refractivity contribution in [1.29, 1.82) is 0 Å². The average Bonchev–Trinajstić information content (AvgIpc) is 2.72. The number of methoxy groups -OCH3 is 2. The molecule has 0 aliphatic carbocycles. The van der Waals surface area contributed by atoms with Crippen LogP contribution in [0, 0.1) is 0 Å². The summed E-state index contributed by atoms with van der Waals surface area (Å²) in [7, 11) is 3.16. The molecule has 2 heterocycles. The van der Waals surface area contributed by atoms with Crippen molar-refractivity contribution in [3.63, 3.8) is 0 Å². The summed E-state index contributed by atoms with van der Waals surface area (Å²) in [5.41, 5.74) is 1.50.